The van der Waals surface area contributed by atoms with Gasteiger partial charge in [0.15, 0.2) is 0 Å². The van der Waals surface area contributed by atoms with Gasteiger partial charge in [0.25, 0.3) is 0 Å². The predicted molar refractivity (Wildman–Crippen MR) is 56.0 cm³/mol. The first-order valence-electron chi connectivity index (χ1n) is 5.54. The number of hydrogen-bond acceptors (Lipinski definition) is 3. The second kappa shape index (κ2) is 9.00. The van der Waals surface area contributed by atoms with Gasteiger partial charge in [0.2, 0.25) is 0 Å². The molecule has 0 heterocycles. The molecule has 14 heavy (non-hydrogen) atoms. The maximum absolute atomic E-state index is 11.1. The normalized spacial score (nSPS) is 12.5. The number of unbranched alkanes of at least 4 members (excludes halogenated alkanes) is 2. The zero-order chi connectivity index (χ0) is 10.8. The van der Waals surface area contributed by atoms with Crippen molar-refractivity contribution in [1.82, 2.24) is 0 Å². The largest absolute Gasteiger partial charge is 0.466 e. The van der Waals surface area contributed by atoms with Crippen LogP contribution in [0.3, 0.4) is 0 Å². The van der Waals surface area contributed by atoms with Gasteiger partial charge >= 0.3 is 5.97 Å². The van der Waals surface area contributed by atoms with Crippen LogP contribution < -0.4 is 0 Å². The Morgan fingerprint density at radius 1 is 1.36 bits per heavy atom. The van der Waals surface area contributed by atoms with Crippen LogP contribution in [0.2, 0.25) is 0 Å². The van der Waals surface area contributed by atoms with E-state index in [0.29, 0.717) is 25.9 Å². The Bertz CT molecular complexity index is 145. The molecule has 0 aliphatic heterocycles. The zero-order valence-electron chi connectivity index (χ0n) is 9.29. The highest BCUT2D eigenvalue weighted by molar-refractivity contribution is 5.69. The van der Waals surface area contributed by atoms with Gasteiger partial charge in [-0.15, -0.1) is 0 Å². The molecule has 3 heteroatoms. The summed E-state index contributed by atoms with van der Waals surface area (Å²) in [5.74, 6) is -0.137. The quantitative estimate of drug-likeness (QED) is 0.485. The van der Waals surface area contributed by atoms with E-state index in [4.69, 9.17) is 4.74 Å². The minimum absolute atomic E-state index is 0.137. The number of aliphatic hydroxyl groups excluding tert-OH is 1. The van der Waals surface area contributed by atoms with Gasteiger partial charge in [0.1, 0.15) is 0 Å². The van der Waals surface area contributed by atoms with Crippen LogP contribution >= 0.6 is 0 Å². The van der Waals surface area contributed by atoms with Gasteiger partial charge < -0.3 is 9.84 Å². The summed E-state index contributed by atoms with van der Waals surface area (Å²) in [5, 5.41) is 9.19. The lowest BCUT2D eigenvalue weighted by molar-refractivity contribution is -0.144. The summed E-state index contributed by atoms with van der Waals surface area (Å²) in [6.45, 7) is 4.36. The van der Waals surface area contributed by atoms with Crippen molar-refractivity contribution in [2.75, 3.05) is 6.61 Å². The van der Waals surface area contributed by atoms with E-state index in [2.05, 4.69) is 6.92 Å². The predicted octanol–water partition coefficient (Wildman–Crippen LogP) is 2.27. The molecule has 1 N–H and O–H groups in total. The van der Waals surface area contributed by atoms with Crippen LogP contribution in [0.5, 0.6) is 0 Å². The lowest BCUT2D eigenvalue weighted by Crippen LogP contribution is -2.12. The molecule has 1 atom stereocenters. The van der Waals surface area contributed by atoms with Crippen molar-refractivity contribution in [2.45, 2.75) is 58.5 Å². The van der Waals surface area contributed by atoms with Crippen molar-refractivity contribution < 1.29 is 14.6 Å². The Labute approximate surface area is 86.5 Å². The molecule has 84 valence electrons. The fourth-order valence-electron chi connectivity index (χ4n) is 1.10. The minimum Gasteiger partial charge on any atom is -0.466 e. The molecule has 0 saturated carbocycles. The van der Waals surface area contributed by atoms with E-state index in [9.17, 15) is 9.90 Å². The van der Waals surface area contributed by atoms with E-state index in [1.54, 1.807) is 0 Å². The van der Waals surface area contributed by atoms with Crippen molar-refractivity contribution in [3.63, 3.8) is 0 Å². The summed E-state index contributed by atoms with van der Waals surface area (Å²) in [4.78, 5) is 11.1. The summed E-state index contributed by atoms with van der Waals surface area (Å²) in [6, 6.07) is 0. The Balaban J connectivity index is 3.26. The molecule has 0 rings (SSSR count). The molecule has 0 spiro atoms. The van der Waals surface area contributed by atoms with E-state index in [1.165, 1.54) is 0 Å². The lowest BCUT2D eigenvalue weighted by atomic mass is 10.2. The Hall–Kier alpha value is -0.570. The van der Waals surface area contributed by atoms with Crippen molar-refractivity contribution >= 4 is 5.97 Å². The van der Waals surface area contributed by atoms with Crippen molar-refractivity contribution in [3.05, 3.63) is 0 Å². The smallest absolute Gasteiger partial charge is 0.305 e. The molecule has 0 aromatic heterocycles. The van der Waals surface area contributed by atoms with Gasteiger partial charge in [-0.2, -0.15) is 0 Å². The van der Waals surface area contributed by atoms with E-state index in [-0.39, 0.29) is 12.1 Å². The summed E-state index contributed by atoms with van der Waals surface area (Å²) in [7, 11) is 0. The second-order valence-corrected chi connectivity index (χ2v) is 3.53. The van der Waals surface area contributed by atoms with E-state index >= 15 is 0 Å². The van der Waals surface area contributed by atoms with Crippen LogP contribution in [0.15, 0.2) is 0 Å². The van der Waals surface area contributed by atoms with Gasteiger partial charge in [-0.3, -0.25) is 4.79 Å². The molecule has 0 aromatic rings. The number of carbonyl (C=O) groups is 1. The van der Waals surface area contributed by atoms with Crippen molar-refractivity contribution in [3.8, 4) is 0 Å². The van der Waals surface area contributed by atoms with Crippen LogP contribution in [0.4, 0.5) is 0 Å². The molecule has 0 aliphatic carbocycles. The molecule has 0 fully saturated rings. The fraction of sp³-hybridized carbons (Fsp3) is 0.909. The van der Waals surface area contributed by atoms with E-state index in [0.717, 1.165) is 19.3 Å². The third-order valence-corrected chi connectivity index (χ3v) is 2.17. The lowest BCUT2D eigenvalue weighted by Gasteiger charge is -2.08. The van der Waals surface area contributed by atoms with Crippen LogP contribution in [-0.2, 0) is 9.53 Å². The first-order chi connectivity index (χ1) is 6.70. The Kier molecular flexibility index (Phi) is 8.64. The standard InChI is InChI=1S/C11H22O3/c1-3-5-6-7-11(13)14-9-8-10(12)4-2/h10,12H,3-9H2,1-2H3. The molecule has 0 saturated heterocycles. The second-order valence-electron chi connectivity index (χ2n) is 3.53. The molecular weight excluding hydrogens is 180 g/mol. The molecule has 0 bridgehead atoms. The average molecular weight is 202 g/mol. The van der Waals surface area contributed by atoms with Gasteiger partial charge in [0.05, 0.1) is 12.7 Å². The van der Waals surface area contributed by atoms with Crippen LogP contribution in [0, 0.1) is 0 Å². The minimum atomic E-state index is -0.335. The SMILES string of the molecule is CCCCCC(=O)OCCC(O)CC. The molecule has 3 nitrogen and oxygen atoms in total. The van der Waals surface area contributed by atoms with Crippen molar-refractivity contribution in [1.29, 1.82) is 0 Å². The maximum atomic E-state index is 11.1. The molecule has 0 aromatic carbocycles. The average Bonchev–Trinajstić information content (AvgIpc) is 2.18. The highest BCUT2D eigenvalue weighted by Gasteiger charge is 2.04. The number of carbonyl (C=O) groups excluding carboxylic acids is 1. The molecule has 0 amide bonds. The Morgan fingerprint density at radius 2 is 2.07 bits per heavy atom. The number of hydrogen-bond donors (Lipinski definition) is 1. The zero-order valence-corrected chi connectivity index (χ0v) is 9.29. The van der Waals surface area contributed by atoms with Gasteiger partial charge in [-0.25, -0.2) is 0 Å². The summed E-state index contributed by atoms with van der Waals surface area (Å²) >= 11 is 0. The highest BCUT2D eigenvalue weighted by Crippen LogP contribution is 2.02. The number of ether oxygens (including phenoxy) is 1. The third-order valence-electron chi connectivity index (χ3n) is 2.17. The van der Waals surface area contributed by atoms with Gasteiger partial charge in [0, 0.05) is 12.8 Å². The molecule has 1 unspecified atom stereocenters. The first-order valence-corrected chi connectivity index (χ1v) is 5.54. The first kappa shape index (κ1) is 13.4. The van der Waals surface area contributed by atoms with Crippen molar-refractivity contribution in [2.24, 2.45) is 0 Å². The van der Waals surface area contributed by atoms with E-state index in [1.807, 2.05) is 6.92 Å². The molecular formula is C11H22O3. The molecule has 0 radical (unpaired) electrons. The number of rotatable bonds is 8. The summed E-state index contributed by atoms with van der Waals surface area (Å²) in [6.07, 6.45) is 4.54. The van der Waals surface area contributed by atoms with Gasteiger partial charge in [-0.1, -0.05) is 26.7 Å². The van der Waals surface area contributed by atoms with E-state index < -0.39 is 0 Å². The summed E-state index contributed by atoms with van der Waals surface area (Å²) < 4.78 is 4.96. The van der Waals surface area contributed by atoms with Crippen LogP contribution in [-0.4, -0.2) is 23.8 Å². The summed E-state index contributed by atoms with van der Waals surface area (Å²) in [5.41, 5.74) is 0. The third kappa shape index (κ3) is 8.05. The number of aliphatic hydroxyl groups is 1. The molecule has 0 aliphatic rings. The maximum Gasteiger partial charge on any atom is 0.305 e. The monoisotopic (exact) mass is 202 g/mol. The highest BCUT2D eigenvalue weighted by atomic mass is 16.5. The van der Waals surface area contributed by atoms with Crippen LogP contribution in [0.1, 0.15) is 52.4 Å². The Morgan fingerprint density at radius 3 is 2.64 bits per heavy atom. The topological polar surface area (TPSA) is 46.5 Å². The number of esters is 1. The van der Waals surface area contributed by atoms with Crippen LogP contribution in [0.25, 0.3) is 0 Å². The fourth-order valence-corrected chi connectivity index (χ4v) is 1.10. The van der Waals surface area contributed by atoms with Gasteiger partial charge in [-0.05, 0) is 12.8 Å².